The summed E-state index contributed by atoms with van der Waals surface area (Å²) < 4.78 is 7.40. The highest BCUT2D eigenvalue weighted by Gasteiger charge is 2.00. The minimum Gasteiger partial charge on any atom is -0.491 e. The first-order valence-corrected chi connectivity index (χ1v) is 5.57. The van der Waals surface area contributed by atoms with Crippen molar-refractivity contribution < 1.29 is 4.74 Å². The van der Waals surface area contributed by atoms with Gasteiger partial charge in [0.2, 0.25) is 0 Å². The Kier molecular flexibility index (Phi) is 3.72. The monoisotopic (exact) mass is 232 g/mol. The summed E-state index contributed by atoms with van der Waals surface area (Å²) in [6.45, 7) is 3.68. The van der Waals surface area contributed by atoms with E-state index in [1.807, 2.05) is 37.4 Å². The van der Waals surface area contributed by atoms with Crippen LogP contribution in [0.5, 0.6) is 5.75 Å². The number of nitrogens with two attached hydrogens (primary N) is 1. The maximum atomic E-state index is 5.66. The minimum atomic E-state index is 0.415. The highest BCUT2D eigenvalue weighted by Crippen LogP contribution is 2.15. The highest BCUT2D eigenvalue weighted by molar-refractivity contribution is 5.31. The molecule has 0 bridgehead atoms. The van der Waals surface area contributed by atoms with Crippen molar-refractivity contribution in [1.29, 1.82) is 0 Å². The van der Waals surface area contributed by atoms with Crippen LogP contribution < -0.4 is 10.5 Å². The Labute approximate surface area is 100 Å². The molecule has 0 unspecified atom stereocenters. The SMILES string of the molecule is Cc1ccccc1OCCn1cc(CN)nn1. The molecule has 2 aromatic rings. The second kappa shape index (κ2) is 5.45. The number of ether oxygens (including phenoxy) is 1. The molecule has 2 rings (SSSR count). The Morgan fingerprint density at radius 1 is 1.35 bits per heavy atom. The van der Waals surface area contributed by atoms with E-state index in [1.165, 1.54) is 0 Å². The largest absolute Gasteiger partial charge is 0.491 e. The molecule has 0 saturated carbocycles. The summed E-state index contributed by atoms with van der Waals surface area (Å²) in [4.78, 5) is 0. The number of nitrogens with zero attached hydrogens (tertiary/aromatic N) is 3. The molecule has 0 fully saturated rings. The fourth-order valence-corrected chi connectivity index (χ4v) is 1.51. The van der Waals surface area contributed by atoms with E-state index in [-0.39, 0.29) is 0 Å². The van der Waals surface area contributed by atoms with E-state index in [9.17, 15) is 0 Å². The van der Waals surface area contributed by atoms with Crippen molar-refractivity contribution in [3.05, 3.63) is 41.7 Å². The summed E-state index contributed by atoms with van der Waals surface area (Å²) in [5.74, 6) is 0.909. The van der Waals surface area contributed by atoms with Crippen molar-refractivity contribution in [1.82, 2.24) is 15.0 Å². The van der Waals surface area contributed by atoms with Gasteiger partial charge in [-0.15, -0.1) is 5.10 Å². The first-order valence-electron chi connectivity index (χ1n) is 5.57. The Bertz CT molecular complexity index is 481. The van der Waals surface area contributed by atoms with Crippen LogP contribution in [-0.4, -0.2) is 21.6 Å². The van der Waals surface area contributed by atoms with Crippen molar-refractivity contribution in [2.45, 2.75) is 20.0 Å². The Morgan fingerprint density at radius 2 is 2.18 bits per heavy atom. The van der Waals surface area contributed by atoms with Crippen molar-refractivity contribution in [3.63, 3.8) is 0 Å². The molecule has 2 N–H and O–H groups in total. The van der Waals surface area contributed by atoms with Crippen LogP contribution in [0.25, 0.3) is 0 Å². The van der Waals surface area contributed by atoms with Crippen LogP contribution in [0.4, 0.5) is 0 Å². The van der Waals surface area contributed by atoms with E-state index in [0.29, 0.717) is 19.7 Å². The summed E-state index contributed by atoms with van der Waals surface area (Å²) in [6, 6.07) is 7.94. The summed E-state index contributed by atoms with van der Waals surface area (Å²) >= 11 is 0. The van der Waals surface area contributed by atoms with Crippen LogP contribution in [0.1, 0.15) is 11.3 Å². The number of hydrogen-bond acceptors (Lipinski definition) is 4. The van der Waals surface area contributed by atoms with Gasteiger partial charge in [-0.2, -0.15) is 0 Å². The lowest BCUT2D eigenvalue weighted by atomic mass is 10.2. The predicted molar refractivity (Wildman–Crippen MR) is 64.6 cm³/mol. The summed E-state index contributed by atoms with van der Waals surface area (Å²) in [6.07, 6.45) is 1.83. The molecule has 0 radical (unpaired) electrons. The molecule has 0 aliphatic carbocycles. The summed E-state index contributed by atoms with van der Waals surface area (Å²) in [5.41, 5.74) is 7.38. The van der Waals surface area contributed by atoms with Gasteiger partial charge in [-0.3, -0.25) is 0 Å². The van der Waals surface area contributed by atoms with Crippen LogP contribution in [-0.2, 0) is 13.1 Å². The molecule has 1 aromatic carbocycles. The normalized spacial score (nSPS) is 10.5. The highest BCUT2D eigenvalue weighted by atomic mass is 16.5. The van der Waals surface area contributed by atoms with Crippen LogP contribution >= 0.6 is 0 Å². The standard InChI is InChI=1S/C12H16N4O/c1-10-4-2-3-5-12(10)17-7-6-16-9-11(8-13)14-15-16/h2-5,9H,6-8,13H2,1H3. The van der Waals surface area contributed by atoms with Crippen LogP contribution in [0.15, 0.2) is 30.5 Å². The van der Waals surface area contributed by atoms with E-state index in [2.05, 4.69) is 10.3 Å². The van der Waals surface area contributed by atoms with Crippen LogP contribution in [0.3, 0.4) is 0 Å². The van der Waals surface area contributed by atoms with Gasteiger partial charge in [0, 0.05) is 12.7 Å². The fraction of sp³-hybridized carbons (Fsp3) is 0.333. The molecule has 90 valence electrons. The van der Waals surface area contributed by atoms with Gasteiger partial charge in [-0.05, 0) is 18.6 Å². The maximum absolute atomic E-state index is 5.66. The number of para-hydroxylation sites is 1. The molecule has 0 atom stereocenters. The van der Waals surface area contributed by atoms with Crippen molar-refractivity contribution in [2.24, 2.45) is 5.73 Å². The third-order valence-corrected chi connectivity index (χ3v) is 2.47. The number of rotatable bonds is 5. The molecular formula is C12H16N4O. The van der Waals surface area contributed by atoms with Gasteiger partial charge in [-0.25, -0.2) is 4.68 Å². The summed E-state index contributed by atoms with van der Waals surface area (Å²) in [7, 11) is 0. The fourth-order valence-electron chi connectivity index (χ4n) is 1.51. The third-order valence-electron chi connectivity index (χ3n) is 2.47. The number of benzene rings is 1. The van der Waals surface area contributed by atoms with Crippen molar-refractivity contribution >= 4 is 0 Å². The Hall–Kier alpha value is -1.88. The number of hydrogen-bond donors (Lipinski definition) is 1. The summed E-state index contributed by atoms with van der Waals surface area (Å²) in [5, 5.41) is 7.86. The molecule has 5 nitrogen and oxygen atoms in total. The lowest BCUT2D eigenvalue weighted by Crippen LogP contribution is -2.09. The molecular weight excluding hydrogens is 216 g/mol. The maximum Gasteiger partial charge on any atom is 0.122 e. The topological polar surface area (TPSA) is 66.0 Å². The molecule has 0 saturated heterocycles. The van der Waals surface area contributed by atoms with E-state index < -0.39 is 0 Å². The van der Waals surface area contributed by atoms with E-state index in [1.54, 1.807) is 4.68 Å². The Balaban J connectivity index is 1.85. The predicted octanol–water partition coefficient (Wildman–Crippen LogP) is 1.12. The zero-order valence-corrected chi connectivity index (χ0v) is 9.84. The molecule has 0 aliphatic heterocycles. The molecule has 17 heavy (non-hydrogen) atoms. The number of aromatic nitrogens is 3. The van der Waals surface area contributed by atoms with Gasteiger partial charge in [-0.1, -0.05) is 23.4 Å². The smallest absolute Gasteiger partial charge is 0.122 e. The second-order valence-electron chi connectivity index (χ2n) is 3.79. The molecule has 1 heterocycles. The minimum absolute atomic E-state index is 0.415. The van der Waals surface area contributed by atoms with Gasteiger partial charge in [0.25, 0.3) is 0 Å². The molecule has 1 aromatic heterocycles. The zero-order valence-electron chi connectivity index (χ0n) is 9.84. The van der Waals surface area contributed by atoms with Crippen LogP contribution in [0.2, 0.25) is 0 Å². The molecule has 0 amide bonds. The van der Waals surface area contributed by atoms with Gasteiger partial charge in [0.1, 0.15) is 12.4 Å². The first kappa shape index (κ1) is 11.6. The quantitative estimate of drug-likeness (QED) is 0.839. The van der Waals surface area contributed by atoms with E-state index >= 15 is 0 Å². The average molecular weight is 232 g/mol. The van der Waals surface area contributed by atoms with Crippen molar-refractivity contribution in [2.75, 3.05) is 6.61 Å². The Morgan fingerprint density at radius 3 is 2.88 bits per heavy atom. The van der Waals surface area contributed by atoms with E-state index in [0.717, 1.165) is 17.0 Å². The lowest BCUT2D eigenvalue weighted by Gasteiger charge is -2.08. The van der Waals surface area contributed by atoms with Crippen LogP contribution in [0, 0.1) is 6.92 Å². The van der Waals surface area contributed by atoms with Crippen molar-refractivity contribution in [3.8, 4) is 5.75 Å². The molecule has 0 aliphatic rings. The zero-order chi connectivity index (χ0) is 12.1. The second-order valence-corrected chi connectivity index (χ2v) is 3.79. The van der Waals surface area contributed by atoms with Gasteiger partial charge in [0.05, 0.1) is 12.2 Å². The van der Waals surface area contributed by atoms with Gasteiger partial charge in [0.15, 0.2) is 0 Å². The lowest BCUT2D eigenvalue weighted by molar-refractivity contribution is 0.288. The van der Waals surface area contributed by atoms with E-state index in [4.69, 9.17) is 10.5 Å². The molecule has 0 spiro atoms. The first-order chi connectivity index (χ1) is 8.29. The average Bonchev–Trinajstić information content (AvgIpc) is 2.80. The third kappa shape index (κ3) is 3.04. The number of aryl methyl sites for hydroxylation is 1. The van der Waals surface area contributed by atoms with Gasteiger partial charge < -0.3 is 10.5 Å². The van der Waals surface area contributed by atoms with Gasteiger partial charge >= 0.3 is 0 Å². The molecule has 5 heteroatoms.